The van der Waals surface area contributed by atoms with Gasteiger partial charge in [0, 0.05) is 0 Å². The molecule has 0 aromatic heterocycles. The topological polar surface area (TPSA) is 64.6 Å². The molecule has 0 atom stereocenters. The molecule has 5 nitrogen and oxygen atoms in total. The highest BCUT2D eigenvalue weighted by atomic mass is 35.5. The minimum Gasteiger partial charge on any atom is -0.484 e. The van der Waals surface area contributed by atoms with Gasteiger partial charge in [-0.3, -0.25) is 4.79 Å². The molecular weight excluding hydrogens is 349 g/mol. The van der Waals surface area contributed by atoms with Crippen LogP contribution in [0.2, 0.25) is 5.02 Å². The summed E-state index contributed by atoms with van der Waals surface area (Å²) in [4.78, 5) is 23.6. The molecule has 0 saturated carbocycles. The van der Waals surface area contributed by atoms with Crippen molar-refractivity contribution in [3.05, 3.63) is 58.9 Å². The van der Waals surface area contributed by atoms with Gasteiger partial charge in [0.1, 0.15) is 11.6 Å². The normalized spacial score (nSPS) is 10.4. The predicted molar refractivity (Wildman–Crippen MR) is 92.5 cm³/mol. The Bertz CT molecular complexity index is 762. The molecule has 0 aliphatic carbocycles. The fraction of sp³-hybridized carbons (Fsp3) is 0.222. The summed E-state index contributed by atoms with van der Waals surface area (Å²) in [5, 5.41) is 2.62. The molecule has 0 fully saturated rings. The minimum atomic E-state index is -0.490. The van der Waals surface area contributed by atoms with E-state index in [1.54, 1.807) is 38.1 Å². The number of hydrogen-bond acceptors (Lipinski definition) is 4. The predicted octanol–water partition coefficient (Wildman–Crippen LogP) is 4.06. The molecule has 1 amide bonds. The third kappa shape index (κ3) is 5.76. The number of carbonyl (C=O) groups is 2. The van der Waals surface area contributed by atoms with Crippen LogP contribution in [-0.4, -0.2) is 24.6 Å². The number of ether oxygens (including phenoxy) is 2. The summed E-state index contributed by atoms with van der Waals surface area (Å²) in [5.41, 5.74) is 0.687. The second-order valence-electron chi connectivity index (χ2n) is 5.44. The summed E-state index contributed by atoms with van der Waals surface area (Å²) in [6.45, 7) is 3.27. The molecule has 1 N–H and O–H groups in total. The molecule has 0 saturated heterocycles. The summed E-state index contributed by atoms with van der Waals surface area (Å²) < 4.78 is 23.4. The SMILES string of the molecule is CC(C)OC(=O)c1ccc(OCC(=O)Nc2ccc(F)cc2Cl)cc1. The van der Waals surface area contributed by atoms with Crippen LogP contribution in [0.25, 0.3) is 0 Å². The number of anilines is 1. The molecule has 0 aliphatic rings. The largest absolute Gasteiger partial charge is 0.484 e. The van der Waals surface area contributed by atoms with Crippen molar-refractivity contribution in [1.29, 1.82) is 0 Å². The fourth-order valence-electron chi connectivity index (χ4n) is 1.90. The highest BCUT2D eigenvalue weighted by Crippen LogP contribution is 2.22. The molecular formula is C18H17ClFNO4. The lowest BCUT2D eigenvalue weighted by molar-refractivity contribution is -0.118. The Labute approximate surface area is 149 Å². The van der Waals surface area contributed by atoms with Gasteiger partial charge in [0.25, 0.3) is 5.91 Å². The molecule has 25 heavy (non-hydrogen) atoms. The van der Waals surface area contributed by atoms with Crippen molar-refractivity contribution in [2.24, 2.45) is 0 Å². The van der Waals surface area contributed by atoms with Crippen LogP contribution >= 0.6 is 11.6 Å². The van der Waals surface area contributed by atoms with Crippen LogP contribution in [0.5, 0.6) is 5.75 Å². The van der Waals surface area contributed by atoms with Gasteiger partial charge >= 0.3 is 5.97 Å². The van der Waals surface area contributed by atoms with Crippen molar-refractivity contribution in [2.45, 2.75) is 20.0 Å². The van der Waals surface area contributed by atoms with Gasteiger partial charge in [-0.15, -0.1) is 0 Å². The summed E-state index contributed by atoms with van der Waals surface area (Å²) in [6, 6.07) is 9.89. The quantitative estimate of drug-likeness (QED) is 0.784. The fourth-order valence-corrected chi connectivity index (χ4v) is 2.11. The van der Waals surface area contributed by atoms with Crippen LogP contribution in [0.3, 0.4) is 0 Å². The number of nitrogens with one attached hydrogen (secondary N) is 1. The lowest BCUT2D eigenvalue weighted by Gasteiger charge is -2.10. The molecule has 132 valence electrons. The average Bonchev–Trinajstić information content (AvgIpc) is 2.55. The van der Waals surface area contributed by atoms with Crippen molar-refractivity contribution < 1.29 is 23.5 Å². The first-order valence-electron chi connectivity index (χ1n) is 7.54. The number of benzene rings is 2. The van der Waals surface area contributed by atoms with Crippen molar-refractivity contribution >= 4 is 29.2 Å². The lowest BCUT2D eigenvalue weighted by atomic mass is 10.2. The maximum atomic E-state index is 13.0. The summed E-state index contributed by atoms with van der Waals surface area (Å²) in [6.07, 6.45) is -0.203. The van der Waals surface area contributed by atoms with Crippen LogP contribution in [0.15, 0.2) is 42.5 Å². The van der Waals surface area contributed by atoms with E-state index < -0.39 is 17.7 Å². The number of amides is 1. The Balaban J connectivity index is 1.88. The molecule has 7 heteroatoms. The number of carbonyl (C=O) groups excluding carboxylic acids is 2. The Morgan fingerprint density at radius 2 is 1.84 bits per heavy atom. The molecule has 0 unspecified atom stereocenters. The minimum absolute atomic E-state index is 0.0985. The first-order chi connectivity index (χ1) is 11.8. The van der Waals surface area contributed by atoms with Crippen molar-refractivity contribution in [2.75, 3.05) is 11.9 Å². The summed E-state index contributed by atoms with van der Waals surface area (Å²) >= 11 is 5.83. The van der Waals surface area contributed by atoms with E-state index in [1.165, 1.54) is 12.1 Å². The molecule has 2 aromatic carbocycles. The van der Waals surface area contributed by atoms with Crippen molar-refractivity contribution in [3.8, 4) is 5.75 Å². The van der Waals surface area contributed by atoms with Gasteiger partial charge in [-0.05, 0) is 56.3 Å². The molecule has 0 heterocycles. The first-order valence-corrected chi connectivity index (χ1v) is 7.91. The Morgan fingerprint density at radius 3 is 2.44 bits per heavy atom. The van der Waals surface area contributed by atoms with Crippen LogP contribution in [0.1, 0.15) is 24.2 Å². The zero-order valence-corrected chi connectivity index (χ0v) is 14.5. The summed E-state index contributed by atoms with van der Waals surface area (Å²) in [5.74, 6) is -0.946. The van der Waals surface area contributed by atoms with Gasteiger partial charge < -0.3 is 14.8 Å². The van der Waals surface area contributed by atoms with Gasteiger partial charge in [0.15, 0.2) is 6.61 Å². The van der Waals surface area contributed by atoms with Gasteiger partial charge in [0.05, 0.1) is 22.4 Å². The van der Waals surface area contributed by atoms with E-state index >= 15 is 0 Å². The number of halogens is 2. The lowest BCUT2D eigenvalue weighted by Crippen LogP contribution is -2.20. The zero-order valence-electron chi connectivity index (χ0n) is 13.7. The summed E-state index contributed by atoms with van der Waals surface area (Å²) in [7, 11) is 0. The van der Waals surface area contributed by atoms with Gasteiger partial charge in [-0.1, -0.05) is 11.6 Å². The van der Waals surface area contributed by atoms with E-state index in [0.717, 1.165) is 6.07 Å². The molecule has 0 radical (unpaired) electrons. The van der Waals surface area contributed by atoms with Gasteiger partial charge in [-0.2, -0.15) is 0 Å². The van der Waals surface area contributed by atoms with E-state index in [-0.39, 0.29) is 17.7 Å². The first kappa shape index (κ1) is 18.7. The molecule has 2 aromatic rings. The van der Waals surface area contributed by atoms with Crippen molar-refractivity contribution in [3.63, 3.8) is 0 Å². The average molecular weight is 366 g/mol. The van der Waals surface area contributed by atoms with Crippen LogP contribution < -0.4 is 10.1 Å². The molecule has 0 aliphatic heterocycles. The standard InChI is InChI=1S/C18H17ClFNO4/c1-11(2)25-18(23)12-3-6-14(7-4-12)24-10-17(22)21-16-8-5-13(20)9-15(16)19/h3-9,11H,10H2,1-2H3,(H,21,22). The van der Waals surface area contributed by atoms with E-state index in [4.69, 9.17) is 21.1 Å². The Kier molecular flexibility index (Phi) is 6.36. The molecule has 0 bridgehead atoms. The highest BCUT2D eigenvalue weighted by molar-refractivity contribution is 6.33. The van der Waals surface area contributed by atoms with E-state index in [2.05, 4.69) is 5.32 Å². The van der Waals surface area contributed by atoms with Crippen LogP contribution in [-0.2, 0) is 9.53 Å². The van der Waals surface area contributed by atoms with E-state index in [9.17, 15) is 14.0 Å². The maximum absolute atomic E-state index is 13.0. The van der Waals surface area contributed by atoms with E-state index in [1.807, 2.05) is 0 Å². The maximum Gasteiger partial charge on any atom is 0.338 e. The molecule has 0 spiro atoms. The Morgan fingerprint density at radius 1 is 1.16 bits per heavy atom. The van der Waals surface area contributed by atoms with Crippen LogP contribution in [0.4, 0.5) is 10.1 Å². The monoisotopic (exact) mass is 365 g/mol. The zero-order chi connectivity index (χ0) is 18.4. The smallest absolute Gasteiger partial charge is 0.338 e. The second-order valence-corrected chi connectivity index (χ2v) is 5.85. The third-order valence-corrected chi connectivity index (χ3v) is 3.32. The second kappa shape index (κ2) is 8.48. The number of rotatable bonds is 6. The number of hydrogen-bond donors (Lipinski definition) is 1. The van der Waals surface area contributed by atoms with Crippen LogP contribution in [0, 0.1) is 5.82 Å². The van der Waals surface area contributed by atoms with Gasteiger partial charge in [0.2, 0.25) is 0 Å². The third-order valence-electron chi connectivity index (χ3n) is 3.01. The van der Waals surface area contributed by atoms with E-state index in [0.29, 0.717) is 17.0 Å². The highest BCUT2D eigenvalue weighted by Gasteiger charge is 2.10. The van der Waals surface area contributed by atoms with Crippen molar-refractivity contribution in [1.82, 2.24) is 0 Å². The Hall–Kier alpha value is -2.60. The number of esters is 1. The van der Waals surface area contributed by atoms with Gasteiger partial charge in [-0.25, -0.2) is 9.18 Å². The molecule has 2 rings (SSSR count).